The molecule has 2 heterocycles. The number of carbonyl (C=O) groups is 1. The number of fused-ring (bicyclic) bond motifs is 1. The summed E-state index contributed by atoms with van der Waals surface area (Å²) in [6.07, 6.45) is 0.845. The number of amides is 1. The van der Waals surface area contributed by atoms with E-state index in [1.807, 2.05) is 25.1 Å². The zero-order valence-corrected chi connectivity index (χ0v) is 14.5. The number of rotatable bonds is 4. The van der Waals surface area contributed by atoms with E-state index < -0.39 is 0 Å². The molecule has 0 atom stereocenters. The molecule has 0 spiro atoms. The van der Waals surface area contributed by atoms with Gasteiger partial charge in [-0.1, -0.05) is 11.6 Å². The molecule has 23 heavy (non-hydrogen) atoms. The highest BCUT2D eigenvalue weighted by atomic mass is 35.5. The number of thiophene rings is 1. The van der Waals surface area contributed by atoms with Crippen molar-refractivity contribution in [1.82, 2.24) is 4.90 Å². The third-order valence-corrected chi connectivity index (χ3v) is 4.85. The van der Waals surface area contributed by atoms with Crippen molar-refractivity contribution in [2.75, 3.05) is 19.8 Å². The molecule has 0 aliphatic carbocycles. The third-order valence-electron chi connectivity index (χ3n) is 3.64. The molecule has 3 rings (SSSR count). The van der Waals surface area contributed by atoms with Crippen LogP contribution in [0.4, 0.5) is 0 Å². The Kier molecular flexibility index (Phi) is 5.08. The van der Waals surface area contributed by atoms with Gasteiger partial charge in [0.15, 0.2) is 11.5 Å². The first-order chi connectivity index (χ1) is 11.2. The maximum atomic E-state index is 12.8. The summed E-state index contributed by atoms with van der Waals surface area (Å²) < 4.78 is 12.0. The Morgan fingerprint density at radius 3 is 2.70 bits per heavy atom. The van der Waals surface area contributed by atoms with Crippen LogP contribution in [0.1, 0.15) is 28.6 Å². The molecule has 0 radical (unpaired) electrons. The van der Waals surface area contributed by atoms with Crippen LogP contribution in [0.25, 0.3) is 0 Å². The van der Waals surface area contributed by atoms with E-state index in [1.54, 1.807) is 17.0 Å². The van der Waals surface area contributed by atoms with E-state index >= 15 is 0 Å². The summed E-state index contributed by atoms with van der Waals surface area (Å²) in [6.45, 7) is 4.40. The average molecular weight is 352 g/mol. The molecule has 0 saturated carbocycles. The molecule has 1 aliphatic heterocycles. The molecule has 0 saturated heterocycles. The lowest BCUT2D eigenvalue weighted by atomic mass is 10.1. The second-order valence-corrected chi connectivity index (χ2v) is 7.04. The van der Waals surface area contributed by atoms with Crippen LogP contribution in [0.2, 0.25) is 4.34 Å². The standard InChI is InChI=1S/C17H18ClNO3S/c1-2-19(11-13-5-7-16(18)23-13)17(20)12-4-6-14-15(10-12)22-9-3-8-21-14/h4-7,10H,2-3,8-9,11H2,1H3. The van der Waals surface area contributed by atoms with Crippen molar-refractivity contribution >= 4 is 28.8 Å². The van der Waals surface area contributed by atoms with Gasteiger partial charge < -0.3 is 14.4 Å². The van der Waals surface area contributed by atoms with Gasteiger partial charge in [-0.15, -0.1) is 11.3 Å². The Labute approximate surface area is 144 Å². The van der Waals surface area contributed by atoms with Gasteiger partial charge in [0.25, 0.3) is 5.91 Å². The molecular formula is C17H18ClNO3S. The number of ether oxygens (including phenoxy) is 2. The largest absolute Gasteiger partial charge is 0.490 e. The molecule has 1 aliphatic rings. The Morgan fingerprint density at radius 1 is 1.22 bits per heavy atom. The summed E-state index contributed by atoms with van der Waals surface area (Å²) in [7, 11) is 0. The van der Waals surface area contributed by atoms with Crippen LogP contribution >= 0.6 is 22.9 Å². The second-order valence-electron chi connectivity index (χ2n) is 5.24. The number of hydrogen-bond donors (Lipinski definition) is 0. The molecule has 0 fully saturated rings. The van der Waals surface area contributed by atoms with Gasteiger partial charge in [0.2, 0.25) is 0 Å². The highest BCUT2D eigenvalue weighted by Crippen LogP contribution is 2.31. The van der Waals surface area contributed by atoms with E-state index in [1.165, 1.54) is 11.3 Å². The summed E-state index contributed by atoms with van der Waals surface area (Å²) in [5, 5.41) is 0. The Hall–Kier alpha value is -1.72. The molecule has 4 nitrogen and oxygen atoms in total. The van der Waals surface area contributed by atoms with Gasteiger partial charge in [-0.25, -0.2) is 0 Å². The predicted molar refractivity (Wildman–Crippen MR) is 91.8 cm³/mol. The summed E-state index contributed by atoms with van der Waals surface area (Å²) in [6, 6.07) is 9.18. The van der Waals surface area contributed by atoms with Gasteiger partial charge in [-0.3, -0.25) is 4.79 Å². The maximum Gasteiger partial charge on any atom is 0.254 e. The number of hydrogen-bond acceptors (Lipinski definition) is 4. The van der Waals surface area contributed by atoms with Crippen LogP contribution < -0.4 is 9.47 Å². The highest BCUT2D eigenvalue weighted by molar-refractivity contribution is 7.16. The van der Waals surface area contributed by atoms with Crippen LogP contribution in [0.15, 0.2) is 30.3 Å². The first kappa shape index (κ1) is 16.1. The van der Waals surface area contributed by atoms with Crippen LogP contribution in [-0.4, -0.2) is 30.6 Å². The Morgan fingerprint density at radius 2 is 2.00 bits per heavy atom. The molecule has 2 aromatic rings. The minimum atomic E-state index is -0.0207. The first-order valence-corrected chi connectivity index (χ1v) is 8.80. The van der Waals surface area contributed by atoms with E-state index in [0.29, 0.717) is 43.4 Å². The van der Waals surface area contributed by atoms with Gasteiger partial charge >= 0.3 is 0 Å². The minimum absolute atomic E-state index is 0.0207. The fraction of sp³-hybridized carbons (Fsp3) is 0.353. The SMILES string of the molecule is CCN(Cc1ccc(Cl)s1)C(=O)c1ccc2c(c1)OCCCO2. The molecule has 0 unspecified atom stereocenters. The van der Waals surface area contributed by atoms with Gasteiger partial charge in [0.05, 0.1) is 24.1 Å². The van der Waals surface area contributed by atoms with Crippen molar-refractivity contribution in [1.29, 1.82) is 0 Å². The number of halogens is 1. The van der Waals surface area contributed by atoms with E-state index in [9.17, 15) is 4.79 Å². The van der Waals surface area contributed by atoms with Gasteiger partial charge in [-0.05, 0) is 37.3 Å². The maximum absolute atomic E-state index is 12.8. The summed E-state index contributed by atoms with van der Waals surface area (Å²) >= 11 is 7.46. The second kappa shape index (κ2) is 7.23. The third kappa shape index (κ3) is 3.79. The van der Waals surface area contributed by atoms with E-state index in [-0.39, 0.29) is 5.91 Å². The zero-order chi connectivity index (χ0) is 16.2. The summed E-state index contributed by atoms with van der Waals surface area (Å²) in [4.78, 5) is 15.6. The average Bonchev–Trinajstić information content (AvgIpc) is 2.83. The van der Waals surface area contributed by atoms with Crippen molar-refractivity contribution in [3.63, 3.8) is 0 Å². The van der Waals surface area contributed by atoms with Crippen molar-refractivity contribution in [2.24, 2.45) is 0 Å². The normalized spacial score (nSPS) is 13.5. The van der Waals surface area contributed by atoms with E-state index in [4.69, 9.17) is 21.1 Å². The molecular weight excluding hydrogens is 334 g/mol. The molecule has 0 N–H and O–H groups in total. The first-order valence-electron chi connectivity index (χ1n) is 7.60. The van der Waals surface area contributed by atoms with Crippen LogP contribution in [0.5, 0.6) is 11.5 Å². The molecule has 6 heteroatoms. The Balaban J connectivity index is 1.79. The minimum Gasteiger partial charge on any atom is -0.490 e. The lowest BCUT2D eigenvalue weighted by Gasteiger charge is -2.20. The van der Waals surface area contributed by atoms with Crippen LogP contribution in [0.3, 0.4) is 0 Å². The van der Waals surface area contributed by atoms with Crippen molar-refractivity contribution < 1.29 is 14.3 Å². The smallest absolute Gasteiger partial charge is 0.254 e. The lowest BCUT2D eigenvalue weighted by molar-refractivity contribution is 0.0753. The molecule has 0 bridgehead atoms. The van der Waals surface area contributed by atoms with Crippen molar-refractivity contribution in [3.8, 4) is 11.5 Å². The van der Waals surface area contributed by atoms with Crippen LogP contribution in [-0.2, 0) is 6.54 Å². The monoisotopic (exact) mass is 351 g/mol. The molecule has 1 amide bonds. The van der Waals surface area contributed by atoms with Crippen LogP contribution in [0, 0.1) is 0 Å². The van der Waals surface area contributed by atoms with Crippen molar-refractivity contribution in [2.45, 2.75) is 19.9 Å². The molecule has 1 aromatic carbocycles. The highest BCUT2D eigenvalue weighted by Gasteiger charge is 2.19. The number of carbonyl (C=O) groups excluding carboxylic acids is 1. The van der Waals surface area contributed by atoms with Crippen molar-refractivity contribution in [3.05, 3.63) is 45.1 Å². The van der Waals surface area contributed by atoms with E-state index in [2.05, 4.69) is 0 Å². The predicted octanol–water partition coefficient (Wildman–Crippen LogP) is 4.23. The summed E-state index contributed by atoms with van der Waals surface area (Å²) in [5.41, 5.74) is 0.610. The number of benzene rings is 1. The molecule has 1 aromatic heterocycles. The molecule has 122 valence electrons. The van der Waals surface area contributed by atoms with Gasteiger partial charge in [0.1, 0.15) is 0 Å². The van der Waals surface area contributed by atoms with E-state index in [0.717, 1.165) is 15.6 Å². The Bertz CT molecular complexity index is 701. The number of nitrogens with zero attached hydrogens (tertiary/aromatic N) is 1. The summed E-state index contributed by atoms with van der Waals surface area (Å²) in [5.74, 6) is 1.32. The van der Waals surface area contributed by atoms with Gasteiger partial charge in [0, 0.05) is 23.4 Å². The fourth-order valence-corrected chi connectivity index (χ4v) is 3.53. The topological polar surface area (TPSA) is 38.8 Å². The van der Waals surface area contributed by atoms with Gasteiger partial charge in [-0.2, -0.15) is 0 Å². The fourth-order valence-electron chi connectivity index (χ4n) is 2.43. The lowest BCUT2D eigenvalue weighted by Crippen LogP contribution is -2.30. The quantitative estimate of drug-likeness (QED) is 0.827. The zero-order valence-electron chi connectivity index (χ0n) is 12.9.